The van der Waals surface area contributed by atoms with E-state index in [9.17, 15) is 27.6 Å². The van der Waals surface area contributed by atoms with Crippen LogP contribution in [0.1, 0.15) is 17.3 Å². The van der Waals surface area contributed by atoms with Gasteiger partial charge in [-0.1, -0.05) is 0 Å². The zero-order chi connectivity index (χ0) is 16.8. The van der Waals surface area contributed by atoms with Gasteiger partial charge in [0.2, 0.25) is 5.91 Å². The molecule has 1 aromatic carbocycles. The normalized spacial score (nSPS) is 10.7. The van der Waals surface area contributed by atoms with Crippen LogP contribution in [0.2, 0.25) is 0 Å². The molecule has 6 nitrogen and oxygen atoms in total. The maximum atomic E-state index is 12.1. The Morgan fingerprint density at radius 2 is 1.73 bits per heavy atom. The molecule has 0 aliphatic rings. The van der Waals surface area contributed by atoms with Crippen molar-refractivity contribution in [2.24, 2.45) is 0 Å². The quantitative estimate of drug-likeness (QED) is 0.496. The molecule has 1 aromatic rings. The van der Waals surface area contributed by atoms with Gasteiger partial charge in [0, 0.05) is 11.8 Å². The standard InChI is InChI=1S/C12H11F3N2O4S/c1-7(18)16-17-10(19)6-21-11(20)8-2-4-9(5-3-8)22-12(13,14)15/h2-5H,6H2,1H3,(H,16,18)(H,17,19). The van der Waals surface area contributed by atoms with Crippen molar-refractivity contribution >= 4 is 29.5 Å². The molecule has 1 rings (SSSR count). The minimum absolute atomic E-state index is 0.00106. The van der Waals surface area contributed by atoms with Crippen LogP contribution in [0.15, 0.2) is 29.2 Å². The molecule has 0 atom stereocenters. The van der Waals surface area contributed by atoms with E-state index in [0.717, 1.165) is 24.3 Å². The first-order chi connectivity index (χ1) is 10.2. The molecular weight excluding hydrogens is 325 g/mol. The number of ether oxygens (including phenoxy) is 1. The van der Waals surface area contributed by atoms with Gasteiger partial charge in [-0.05, 0) is 36.0 Å². The number of hydrogen-bond acceptors (Lipinski definition) is 5. The highest BCUT2D eigenvalue weighted by molar-refractivity contribution is 8.00. The zero-order valence-electron chi connectivity index (χ0n) is 11.2. The molecule has 2 N–H and O–H groups in total. The number of hydrazine groups is 1. The number of amides is 2. The lowest BCUT2D eigenvalue weighted by Gasteiger charge is -2.08. The number of nitrogens with one attached hydrogen (secondary N) is 2. The number of benzene rings is 1. The second kappa shape index (κ2) is 7.69. The topological polar surface area (TPSA) is 84.5 Å². The first-order valence-electron chi connectivity index (χ1n) is 5.76. The highest BCUT2D eigenvalue weighted by Crippen LogP contribution is 2.36. The number of thioether (sulfide) groups is 1. The van der Waals surface area contributed by atoms with Crippen molar-refractivity contribution in [3.63, 3.8) is 0 Å². The molecular formula is C12H11F3N2O4S. The molecule has 0 aliphatic heterocycles. The second-order valence-electron chi connectivity index (χ2n) is 3.88. The number of carbonyl (C=O) groups excluding carboxylic acids is 3. The van der Waals surface area contributed by atoms with E-state index in [4.69, 9.17) is 0 Å². The van der Waals surface area contributed by atoms with Gasteiger partial charge >= 0.3 is 11.5 Å². The zero-order valence-corrected chi connectivity index (χ0v) is 12.0. The Balaban J connectivity index is 2.49. The van der Waals surface area contributed by atoms with E-state index in [2.05, 4.69) is 4.74 Å². The third kappa shape index (κ3) is 6.97. The van der Waals surface area contributed by atoms with Crippen molar-refractivity contribution < 1.29 is 32.3 Å². The van der Waals surface area contributed by atoms with E-state index < -0.39 is 29.9 Å². The van der Waals surface area contributed by atoms with E-state index >= 15 is 0 Å². The number of carbonyl (C=O) groups is 3. The number of hydrogen-bond donors (Lipinski definition) is 2. The van der Waals surface area contributed by atoms with Crippen LogP contribution in [0.4, 0.5) is 13.2 Å². The first-order valence-corrected chi connectivity index (χ1v) is 6.57. The van der Waals surface area contributed by atoms with Crippen molar-refractivity contribution in [3.05, 3.63) is 29.8 Å². The fraction of sp³-hybridized carbons (Fsp3) is 0.250. The summed E-state index contributed by atoms with van der Waals surface area (Å²) in [4.78, 5) is 33.2. The highest BCUT2D eigenvalue weighted by atomic mass is 32.2. The predicted octanol–water partition coefficient (Wildman–Crippen LogP) is 1.62. The third-order valence-corrected chi connectivity index (χ3v) is 2.78. The minimum Gasteiger partial charge on any atom is -0.452 e. The molecule has 22 heavy (non-hydrogen) atoms. The van der Waals surface area contributed by atoms with Crippen LogP contribution in [0.5, 0.6) is 0 Å². The van der Waals surface area contributed by atoms with Crippen LogP contribution < -0.4 is 10.9 Å². The van der Waals surface area contributed by atoms with Gasteiger partial charge < -0.3 is 4.74 Å². The maximum absolute atomic E-state index is 12.1. The van der Waals surface area contributed by atoms with E-state index in [1.54, 1.807) is 0 Å². The van der Waals surface area contributed by atoms with Crippen molar-refractivity contribution in [2.45, 2.75) is 17.3 Å². The third-order valence-electron chi connectivity index (χ3n) is 2.04. The summed E-state index contributed by atoms with van der Waals surface area (Å²) in [6, 6.07) is 4.54. The lowest BCUT2D eigenvalue weighted by atomic mass is 10.2. The summed E-state index contributed by atoms with van der Waals surface area (Å²) < 4.78 is 41.0. The highest BCUT2D eigenvalue weighted by Gasteiger charge is 2.29. The molecule has 0 saturated heterocycles. The Morgan fingerprint density at radius 1 is 1.14 bits per heavy atom. The Morgan fingerprint density at radius 3 is 2.23 bits per heavy atom. The minimum atomic E-state index is -4.41. The largest absolute Gasteiger partial charge is 0.452 e. The lowest BCUT2D eigenvalue weighted by molar-refractivity contribution is -0.129. The summed E-state index contributed by atoms with van der Waals surface area (Å²) in [6.45, 7) is 0.533. The van der Waals surface area contributed by atoms with Crippen LogP contribution in [0, 0.1) is 0 Å². The van der Waals surface area contributed by atoms with Gasteiger partial charge in [0.1, 0.15) is 0 Å². The average Bonchev–Trinajstić information content (AvgIpc) is 2.41. The number of halogens is 3. The molecule has 0 bridgehead atoms. The fourth-order valence-corrected chi connectivity index (χ4v) is 1.74. The Labute approximate surface area is 127 Å². The Hall–Kier alpha value is -2.23. The van der Waals surface area contributed by atoms with Crippen LogP contribution in [0.25, 0.3) is 0 Å². The van der Waals surface area contributed by atoms with Crippen molar-refractivity contribution in [2.75, 3.05) is 6.61 Å². The van der Waals surface area contributed by atoms with E-state index in [1.807, 2.05) is 10.9 Å². The number of rotatable bonds is 4. The average molecular weight is 336 g/mol. The van der Waals surface area contributed by atoms with Crippen LogP contribution >= 0.6 is 11.8 Å². The Kier molecular flexibility index (Phi) is 6.23. The van der Waals surface area contributed by atoms with Crippen molar-refractivity contribution in [1.82, 2.24) is 10.9 Å². The molecule has 0 unspecified atom stereocenters. The van der Waals surface area contributed by atoms with Crippen LogP contribution in [-0.2, 0) is 14.3 Å². The lowest BCUT2D eigenvalue weighted by Crippen LogP contribution is -2.42. The molecule has 2 amide bonds. The molecule has 10 heteroatoms. The molecule has 0 aliphatic carbocycles. The van der Waals surface area contributed by atoms with Gasteiger partial charge in [-0.2, -0.15) is 13.2 Å². The molecule has 0 radical (unpaired) electrons. The van der Waals surface area contributed by atoms with Gasteiger partial charge in [-0.3, -0.25) is 20.4 Å². The van der Waals surface area contributed by atoms with Gasteiger partial charge in [0.15, 0.2) is 6.61 Å². The monoisotopic (exact) mass is 336 g/mol. The second-order valence-corrected chi connectivity index (χ2v) is 5.02. The van der Waals surface area contributed by atoms with Gasteiger partial charge in [0.05, 0.1) is 5.56 Å². The summed E-state index contributed by atoms with van der Waals surface area (Å²) in [5.41, 5.74) is -0.435. The SMILES string of the molecule is CC(=O)NNC(=O)COC(=O)c1ccc(SC(F)(F)F)cc1. The fourth-order valence-electron chi connectivity index (χ4n) is 1.20. The van der Waals surface area contributed by atoms with Gasteiger partial charge in [0.25, 0.3) is 5.91 Å². The molecule has 0 aromatic heterocycles. The van der Waals surface area contributed by atoms with Crippen molar-refractivity contribution in [1.29, 1.82) is 0 Å². The number of alkyl halides is 3. The molecule has 120 valence electrons. The summed E-state index contributed by atoms with van der Waals surface area (Å²) >= 11 is -0.308. The molecule has 0 spiro atoms. The smallest absolute Gasteiger partial charge is 0.446 e. The summed E-state index contributed by atoms with van der Waals surface area (Å²) in [6.07, 6.45) is 0. The first kappa shape index (κ1) is 17.8. The van der Waals surface area contributed by atoms with Crippen molar-refractivity contribution in [3.8, 4) is 0 Å². The van der Waals surface area contributed by atoms with E-state index in [0.29, 0.717) is 0 Å². The number of esters is 1. The van der Waals surface area contributed by atoms with Gasteiger partial charge in [-0.15, -0.1) is 0 Å². The maximum Gasteiger partial charge on any atom is 0.446 e. The summed E-state index contributed by atoms with van der Waals surface area (Å²) in [5.74, 6) is -2.13. The summed E-state index contributed by atoms with van der Waals surface area (Å²) in [7, 11) is 0. The van der Waals surface area contributed by atoms with Crippen LogP contribution in [-0.4, -0.2) is 29.9 Å². The molecule has 0 saturated carbocycles. The predicted molar refractivity (Wildman–Crippen MR) is 70.6 cm³/mol. The van der Waals surface area contributed by atoms with Gasteiger partial charge in [-0.25, -0.2) is 4.79 Å². The van der Waals surface area contributed by atoms with E-state index in [-0.39, 0.29) is 22.2 Å². The Bertz CT molecular complexity index is 560. The molecule has 0 fully saturated rings. The van der Waals surface area contributed by atoms with Crippen LogP contribution in [0.3, 0.4) is 0 Å². The molecule has 0 heterocycles. The van der Waals surface area contributed by atoms with E-state index in [1.165, 1.54) is 6.92 Å². The summed E-state index contributed by atoms with van der Waals surface area (Å²) in [5, 5.41) is 0.